The maximum Gasteiger partial charge on any atom is 0.410 e. The minimum absolute atomic E-state index is 0.0550. The summed E-state index contributed by atoms with van der Waals surface area (Å²) in [6.07, 6.45) is 2.39. The van der Waals surface area contributed by atoms with Gasteiger partial charge in [-0.1, -0.05) is 0 Å². The largest absolute Gasteiger partial charge is 0.444 e. The zero-order valence-electron chi connectivity index (χ0n) is 14.3. The van der Waals surface area contributed by atoms with Crippen LogP contribution in [0, 0.1) is 0 Å². The molecule has 0 spiro atoms. The quantitative estimate of drug-likeness (QED) is 0.759. The number of nitrogens with one attached hydrogen (secondary N) is 2. The molecule has 0 bridgehead atoms. The van der Waals surface area contributed by atoms with E-state index >= 15 is 0 Å². The van der Waals surface area contributed by atoms with Gasteiger partial charge in [-0.15, -0.1) is 0 Å². The number of hydrogen-bond acceptors (Lipinski definition) is 4. The van der Waals surface area contributed by atoms with Gasteiger partial charge in [0.1, 0.15) is 5.60 Å². The SMILES string of the molecule is CC(C)(C)OC(=O)N1CCC(N2C(=O)N[C@H]3CNCC[C@@H]32)CC1. The van der Waals surface area contributed by atoms with E-state index in [1.807, 2.05) is 25.7 Å². The van der Waals surface area contributed by atoms with Crippen molar-refractivity contribution in [3.8, 4) is 0 Å². The van der Waals surface area contributed by atoms with E-state index in [1.54, 1.807) is 4.90 Å². The molecule has 7 heteroatoms. The van der Waals surface area contributed by atoms with E-state index in [9.17, 15) is 9.59 Å². The number of hydrogen-bond donors (Lipinski definition) is 2. The standard InChI is InChI=1S/C16H28N4O3/c1-16(2,3)23-15(22)19-8-5-11(6-9-19)20-13-4-7-17-10-12(13)18-14(20)21/h11-13,17H,4-10H2,1-3H3,(H,18,21)/t12-,13-/m0/s1. The molecule has 3 saturated heterocycles. The minimum Gasteiger partial charge on any atom is -0.444 e. The molecular weight excluding hydrogens is 296 g/mol. The Hall–Kier alpha value is -1.50. The van der Waals surface area contributed by atoms with Crippen molar-refractivity contribution in [1.29, 1.82) is 0 Å². The van der Waals surface area contributed by atoms with Gasteiger partial charge in [0.05, 0.1) is 12.1 Å². The van der Waals surface area contributed by atoms with Crippen LogP contribution in [0.25, 0.3) is 0 Å². The maximum absolute atomic E-state index is 12.3. The molecule has 0 unspecified atom stereocenters. The van der Waals surface area contributed by atoms with Crippen molar-refractivity contribution in [2.75, 3.05) is 26.2 Å². The summed E-state index contributed by atoms with van der Waals surface area (Å²) in [6.45, 7) is 8.75. The van der Waals surface area contributed by atoms with Crippen molar-refractivity contribution in [3.63, 3.8) is 0 Å². The topological polar surface area (TPSA) is 73.9 Å². The number of urea groups is 1. The van der Waals surface area contributed by atoms with E-state index in [2.05, 4.69) is 10.6 Å². The van der Waals surface area contributed by atoms with Gasteiger partial charge in [0, 0.05) is 25.7 Å². The average molecular weight is 324 g/mol. The summed E-state index contributed by atoms with van der Waals surface area (Å²) in [5.41, 5.74) is -0.467. The highest BCUT2D eigenvalue weighted by atomic mass is 16.6. The number of ether oxygens (including phenoxy) is 1. The molecule has 3 fully saturated rings. The highest BCUT2D eigenvalue weighted by Gasteiger charge is 2.44. The predicted octanol–water partition coefficient (Wildman–Crippen LogP) is 1.14. The number of likely N-dealkylation sites (tertiary alicyclic amines) is 1. The molecular formula is C16H28N4O3. The van der Waals surface area contributed by atoms with Crippen LogP contribution in [0.1, 0.15) is 40.0 Å². The Kier molecular flexibility index (Phi) is 4.40. The van der Waals surface area contributed by atoms with Crippen LogP contribution in [0.5, 0.6) is 0 Å². The van der Waals surface area contributed by atoms with Crippen LogP contribution in [0.4, 0.5) is 9.59 Å². The van der Waals surface area contributed by atoms with Gasteiger partial charge >= 0.3 is 12.1 Å². The number of amides is 3. The van der Waals surface area contributed by atoms with E-state index in [-0.39, 0.29) is 24.2 Å². The lowest BCUT2D eigenvalue weighted by molar-refractivity contribution is 0.0152. The van der Waals surface area contributed by atoms with Crippen LogP contribution < -0.4 is 10.6 Å². The van der Waals surface area contributed by atoms with Crippen molar-refractivity contribution in [2.45, 2.75) is 63.8 Å². The smallest absolute Gasteiger partial charge is 0.410 e. The summed E-state index contributed by atoms with van der Waals surface area (Å²) < 4.78 is 5.43. The van der Waals surface area contributed by atoms with Gasteiger partial charge < -0.3 is 25.2 Å². The van der Waals surface area contributed by atoms with E-state index < -0.39 is 5.60 Å². The highest BCUT2D eigenvalue weighted by Crippen LogP contribution is 2.27. The number of piperidine rings is 2. The Labute approximate surface area is 137 Å². The monoisotopic (exact) mass is 324 g/mol. The van der Waals surface area contributed by atoms with Crippen molar-refractivity contribution in [1.82, 2.24) is 20.4 Å². The minimum atomic E-state index is -0.467. The molecule has 0 saturated carbocycles. The summed E-state index contributed by atoms with van der Waals surface area (Å²) in [7, 11) is 0. The predicted molar refractivity (Wildman–Crippen MR) is 86.3 cm³/mol. The second-order valence-electron chi connectivity index (χ2n) is 7.72. The molecule has 2 atom stereocenters. The molecule has 7 nitrogen and oxygen atoms in total. The average Bonchev–Trinajstić information content (AvgIpc) is 2.81. The van der Waals surface area contributed by atoms with Gasteiger partial charge in [-0.3, -0.25) is 0 Å². The lowest BCUT2D eigenvalue weighted by Gasteiger charge is -2.40. The fourth-order valence-corrected chi connectivity index (χ4v) is 3.80. The fourth-order valence-electron chi connectivity index (χ4n) is 3.80. The molecule has 3 rings (SSSR count). The lowest BCUT2D eigenvalue weighted by Crippen LogP contribution is -2.54. The van der Waals surface area contributed by atoms with Crippen LogP contribution in [0.3, 0.4) is 0 Å². The summed E-state index contributed by atoms with van der Waals surface area (Å²) in [5, 5.41) is 6.42. The van der Waals surface area contributed by atoms with Gasteiger partial charge in [0.25, 0.3) is 0 Å². The zero-order valence-corrected chi connectivity index (χ0v) is 14.3. The van der Waals surface area contributed by atoms with Crippen molar-refractivity contribution < 1.29 is 14.3 Å². The molecule has 0 radical (unpaired) electrons. The summed E-state index contributed by atoms with van der Waals surface area (Å²) >= 11 is 0. The van der Waals surface area contributed by atoms with E-state index in [1.165, 1.54) is 0 Å². The van der Waals surface area contributed by atoms with Gasteiger partial charge in [-0.25, -0.2) is 9.59 Å². The Bertz CT molecular complexity index is 468. The summed E-state index contributed by atoms with van der Waals surface area (Å²) in [6, 6.07) is 0.795. The number of carbonyl (C=O) groups is 2. The van der Waals surface area contributed by atoms with Gasteiger partial charge in [0.2, 0.25) is 0 Å². The number of carbonyl (C=O) groups excluding carboxylic acids is 2. The number of rotatable bonds is 1. The van der Waals surface area contributed by atoms with Gasteiger partial charge in [0.15, 0.2) is 0 Å². The molecule has 130 valence electrons. The summed E-state index contributed by atoms with van der Waals surface area (Å²) in [5.74, 6) is 0. The molecule has 2 N–H and O–H groups in total. The molecule has 0 aromatic carbocycles. The molecule has 0 aromatic heterocycles. The Balaban J connectivity index is 1.56. The molecule has 23 heavy (non-hydrogen) atoms. The molecule has 0 aliphatic carbocycles. The first-order valence-electron chi connectivity index (χ1n) is 8.62. The maximum atomic E-state index is 12.3. The molecule has 3 aliphatic rings. The number of nitrogens with zero attached hydrogens (tertiary/aromatic N) is 2. The van der Waals surface area contributed by atoms with Crippen molar-refractivity contribution >= 4 is 12.1 Å². The lowest BCUT2D eigenvalue weighted by atomic mass is 9.97. The van der Waals surface area contributed by atoms with Gasteiger partial charge in [-0.2, -0.15) is 0 Å². The van der Waals surface area contributed by atoms with E-state index in [4.69, 9.17) is 4.74 Å². The Morgan fingerprint density at radius 3 is 2.57 bits per heavy atom. The van der Waals surface area contributed by atoms with Crippen molar-refractivity contribution in [2.24, 2.45) is 0 Å². The second kappa shape index (κ2) is 6.19. The first-order valence-corrected chi connectivity index (χ1v) is 8.62. The second-order valence-corrected chi connectivity index (χ2v) is 7.72. The third-order valence-electron chi connectivity index (χ3n) is 4.86. The Morgan fingerprint density at radius 1 is 1.22 bits per heavy atom. The Morgan fingerprint density at radius 2 is 1.91 bits per heavy atom. The summed E-state index contributed by atoms with van der Waals surface area (Å²) in [4.78, 5) is 28.3. The highest BCUT2D eigenvalue weighted by molar-refractivity contribution is 5.78. The first-order chi connectivity index (χ1) is 10.8. The van der Waals surface area contributed by atoms with Crippen molar-refractivity contribution in [3.05, 3.63) is 0 Å². The van der Waals surface area contributed by atoms with Crippen LogP contribution in [0.2, 0.25) is 0 Å². The third-order valence-corrected chi connectivity index (χ3v) is 4.86. The molecule has 3 heterocycles. The normalized spacial score (nSPS) is 29.3. The van der Waals surface area contributed by atoms with E-state index in [0.29, 0.717) is 19.1 Å². The van der Waals surface area contributed by atoms with Crippen LogP contribution in [-0.2, 0) is 4.74 Å². The number of fused-ring (bicyclic) bond motifs is 1. The molecule has 3 aliphatic heterocycles. The zero-order chi connectivity index (χ0) is 16.6. The fraction of sp³-hybridized carbons (Fsp3) is 0.875. The first kappa shape index (κ1) is 16.4. The van der Waals surface area contributed by atoms with Crippen LogP contribution in [0.15, 0.2) is 0 Å². The van der Waals surface area contributed by atoms with Gasteiger partial charge in [-0.05, 0) is 46.6 Å². The molecule has 3 amide bonds. The van der Waals surface area contributed by atoms with Crippen LogP contribution >= 0.6 is 0 Å². The van der Waals surface area contributed by atoms with Crippen LogP contribution in [-0.4, -0.2) is 71.8 Å². The molecule has 0 aromatic rings. The third kappa shape index (κ3) is 3.54. The van der Waals surface area contributed by atoms with E-state index in [0.717, 1.165) is 32.4 Å².